The SMILES string of the molecule is CC(C)(C)OC(=O)C1CCCN2C(=O)CCC(N3C(=O)c4ccccc4C3=O)C(=O)N12. The molecule has 164 valence electrons. The Hall–Kier alpha value is -3.23. The van der Waals surface area contributed by atoms with Crippen LogP contribution < -0.4 is 0 Å². The van der Waals surface area contributed by atoms with E-state index >= 15 is 0 Å². The first-order chi connectivity index (χ1) is 14.6. The summed E-state index contributed by atoms with van der Waals surface area (Å²) in [6.45, 7) is 5.46. The average Bonchev–Trinajstić information content (AvgIpc) is 2.89. The number of hydrogen-bond donors (Lipinski definition) is 0. The molecule has 0 aromatic heterocycles. The van der Waals surface area contributed by atoms with E-state index in [-0.39, 0.29) is 29.9 Å². The third-order valence-corrected chi connectivity index (χ3v) is 5.65. The van der Waals surface area contributed by atoms with Crippen LogP contribution in [-0.4, -0.2) is 68.7 Å². The maximum atomic E-state index is 13.6. The molecule has 0 aliphatic carbocycles. The first-order valence-corrected chi connectivity index (χ1v) is 10.4. The second-order valence-corrected chi connectivity index (χ2v) is 8.97. The lowest BCUT2D eigenvalue weighted by Crippen LogP contribution is -2.63. The summed E-state index contributed by atoms with van der Waals surface area (Å²) in [5.74, 6) is -2.67. The smallest absolute Gasteiger partial charge is 0.331 e. The highest BCUT2D eigenvalue weighted by Gasteiger charge is 2.50. The van der Waals surface area contributed by atoms with Crippen LogP contribution in [0.1, 0.15) is 67.2 Å². The third-order valence-electron chi connectivity index (χ3n) is 5.65. The zero-order valence-corrected chi connectivity index (χ0v) is 17.8. The minimum Gasteiger partial charge on any atom is -0.458 e. The molecule has 2 fully saturated rings. The van der Waals surface area contributed by atoms with Crippen LogP contribution >= 0.6 is 0 Å². The Morgan fingerprint density at radius 2 is 1.61 bits per heavy atom. The fourth-order valence-electron chi connectivity index (χ4n) is 4.33. The number of imide groups is 1. The number of benzene rings is 1. The molecule has 1 aromatic rings. The molecule has 9 nitrogen and oxygen atoms in total. The van der Waals surface area contributed by atoms with Crippen LogP contribution in [0.5, 0.6) is 0 Å². The van der Waals surface area contributed by atoms with Crippen molar-refractivity contribution in [2.24, 2.45) is 0 Å². The minimum absolute atomic E-state index is 0.0111. The second-order valence-electron chi connectivity index (χ2n) is 8.97. The molecule has 1 aromatic carbocycles. The Bertz CT molecular complexity index is 947. The third kappa shape index (κ3) is 3.58. The van der Waals surface area contributed by atoms with Crippen molar-refractivity contribution in [3.8, 4) is 0 Å². The molecular formula is C22H25N3O6. The number of hydrazine groups is 1. The van der Waals surface area contributed by atoms with Gasteiger partial charge in [-0.2, -0.15) is 0 Å². The summed E-state index contributed by atoms with van der Waals surface area (Å²) in [7, 11) is 0. The number of carbonyl (C=O) groups excluding carboxylic acids is 5. The molecule has 0 spiro atoms. The fraction of sp³-hybridized carbons (Fsp3) is 0.500. The first-order valence-electron chi connectivity index (χ1n) is 10.4. The standard InChI is InChI=1S/C22H25N3O6/c1-22(2,3)31-21(30)16-9-6-12-23-17(26)11-10-15(20(29)25(16)23)24-18(27)13-7-4-5-8-14(13)19(24)28/h4-5,7-8,15-16H,6,9-12H2,1-3H3. The van der Waals surface area contributed by atoms with Crippen LogP contribution in [0.3, 0.4) is 0 Å². The summed E-state index contributed by atoms with van der Waals surface area (Å²) >= 11 is 0. The molecule has 2 atom stereocenters. The summed E-state index contributed by atoms with van der Waals surface area (Å²) in [6.07, 6.45) is 0.870. The van der Waals surface area contributed by atoms with Gasteiger partial charge in [0.25, 0.3) is 17.7 Å². The molecule has 31 heavy (non-hydrogen) atoms. The van der Waals surface area contributed by atoms with E-state index in [1.807, 2.05) is 0 Å². The Kier molecular flexibility index (Phi) is 5.07. The van der Waals surface area contributed by atoms with E-state index in [1.165, 1.54) is 5.01 Å². The number of fused-ring (bicyclic) bond motifs is 2. The zero-order valence-electron chi connectivity index (χ0n) is 17.8. The van der Waals surface area contributed by atoms with Crippen LogP contribution in [0.15, 0.2) is 24.3 Å². The van der Waals surface area contributed by atoms with Crippen molar-refractivity contribution in [3.05, 3.63) is 35.4 Å². The summed E-state index contributed by atoms with van der Waals surface area (Å²) < 4.78 is 5.49. The normalized spacial score (nSPS) is 24.2. The molecule has 2 saturated heterocycles. The van der Waals surface area contributed by atoms with Crippen LogP contribution in [-0.2, 0) is 19.1 Å². The van der Waals surface area contributed by atoms with Gasteiger partial charge in [0.15, 0.2) is 6.04 Å². The Morgan fingerprint density at radius 1 is 1.00 bits per heavy atom. The number of rotatable bonds is 2. The van der Waals surface area contributed by atoms with Gasteiger partial charge in [-0.05, 0) is 52.2 Å². The minimum atomic E-state index is -1.16. The summed E-state index contributed by atoms with van der Waals surface area (Å²) in [5.41, 5.74) is -0.301. The van der Waals surface area contributed by atoms with Gasteiger partial charge in [0, 0.05) is 13.0 Å². The van der Waals surface area contributed by atoms with Gasteiger partial charge in [0.1, 0.15) is 11.6 Å². The van der Waals surface area contributed by atoms with Gasteiger partial charge in [-0.25, -0.2) is 9.80 Å². The highest BCUT2D eigenvalue weighted by atomic mass is 16.6. The summed E-state index contributed by atoms with van der Waals surface area (Å²) in [4.78, 5) is 66.1. The van der Waals surface area contributed by atoms with Gasteiger partial charge in [0.05, 0.1) is 11.1 Å². The molecule has 0 bridgehead atoms. The molecule has 3 heterocycles. The fourth-order valence-corrected chi connectivity index (χ4v) is 4.33. The van der Waals surface area contributed by atoms with E-state index in [0.717, 1.165) is 9.91 Å². The molecule has 2 unspecified atom stereocenters. The van der Waals surface area contributed by atoms with Crippen molar-refractivity contribution < 1.29 is 28.7 Å². The number of esters is 1. The summed E-state index contributed by atoms with van der Waals surface area (Å²) in [5, 5.41) is 2.40. The number of nitrogens with zero attached hydrogens (tertiary/aromatic N) is 3. The molecule has 0 saturated carbocycles. The highest BCUT2D eigenvalue weighted by molar-refractivity contribution is 6.23. The van der Waals surface area contributed by atoms with Gasteiger partial charge in [0.2, 0.25) is 5.91 Å². The Morgan fingerprint density at radius 3 is 2.19 bits per heavy atom. The Balaban J connectivity index is 1.69. The van der Waals surface area contributed by atoms with E-state index in [1.54, 1.807) is 45.0 Å². The lowest BCUT2D eigenvalue weighted by molar-refractivity contribution is -0.188. The number of hydrogen-bond acceptors (Lipinski definition) is 6. The maximum Gasteiger partial charge on any atom is 0.331 e. The number of carbonyl (C=O) groups is 5. The molecule has 4 amide bonds. The molecule has 3 aliphatic rings. The lowest BCUT2D eigenvalue weighted by Gasteiger charge is -2.43. The van der Waals surface area contributed by atoms with E-state index in [0.29, 0.717) is 19.4 Å². The molecule has 4 rings (SSSR count). The highest BCUT2D eigenvalue weighted by Crippen LogP contribution is 2.32. The van der Waals surface area contributed by atoms with E-state index in [2.05, 4.69) is 0 Å². The van der Waals surface area contributed by atoms with Crippen LogP contribution in [0.2, 0.25) is 0 Å². The average molecular weight is 427 g/mol. The van der Waals surface area contributed by atoms with Crippen LogP contribution in [0, 0.1) is 0 Å². The zero-order chi connectivity index (χ0) is 22.5. The van der Waals surface area contributed by atoms with E-state index < -0.39 is 41.4 Å². The topological polar surface area (TPSA) is 104 Å². The first kappa shape index (κ1) is 21.0. The van der Waals surface area contributed by atoms with Crippen molar-refractivity contribution in [3.63, 3.8) is 0 Å². The molecular weight excluding hydrogens is 402 g/mol. The quantitative estimate of drug-likeness (QED) is 0.524. The van der Waals surface area contributed by atoms with E-state index in [9.17, 15) is 24.0 Å². The largest absolute Gasteiger partial charge is 0.458 e. The Labute approximate surface area is 179 Å². The van der Waals surface area contributed by atoms with Crippen LogP contribution in [0.4, 0.5) is 0 Å². The maximum absolute atomic E-state index is 13.6. The lowest BCUT2D eigenvalue weighted by atomic mass is 10.1. The van der Waals surface area contributed by atoms with Gasteiger partial charge in [-0.3, -0.25) is 29.1 Å². The molecule has 3 aliphatic heterocycles. The van der Waals surface area contributed by atoms with Crippen molar-refractivity contribution in [2.45, 2.75) is 64.1 Å². The monoisotopic (exact) mass is 427 g/mol. The molecule has 9 heteroatoms. The molecule has 0 N–H and O–H groups in total. The number of amides is 4. The predicted molar refractivity (Wildman–Crippen MR) is 107 cm³/mol. The predicted octanol–water partition coefficient (Wildman–Crippen LogP) is 1.52. The van der Waals surface area contributed by atoms with Crippen molar-refractivity contribution >= 4 is 29.6 Å². The summed E-state index contributed by atoms with van der Waals surface area (Å²) in [6, 6.07) is 4.23. The van der Waals surface area contributed by atoms with Gasteiger partial charge < -0.3 is 4.74 Å². The van der Waals surface area contributed by atoms with Crippen molar-refractivity contribution in [1.82, 2.24) is 14.9 Å². The van der Waals surface area contributed by atoms with Gasteiger partial charge >= 0.3 is 5.97 Å². The number of ether oxygens (including phenoxy) is 1. The van der Waals surface area contributed by atoms with Gasteiger partial charge in [-0.15, -0.1) is 0 Å². The van der Waals surface area contributed by atoms with Crippen molar-refractivity contribution in [2.75, 3.05) is 6.54 Å². The second kappa shape index (κ2) is 7.47. The van der Waals surface area contributed by atoms with Gasteiger partial charge in [-0.1, -0.05) is 12.1 Å². The van der Waals surface area contributed by atoms with Crippen molar-refractivity contribution in [1.29, 1.82) is 0 Å². The molecule has 0 radical (unpaired) electrons. The van der Waals surface area contributed by atoms with E-state index in [4.69, 9.17) is 4.74 Å². The van der Waals surface area contributed by atoms with Crippen LogP contribution in [0.25, 0.3) is 0 Å².